The number of benzene rings is 2. The molecule has 0 atom stereocenters. The van der Waals surface area contributed by atoms with Gasteiger partial charge in [0.15, 0.2) is 0 Å². The molecule has 0 bridgehead atoms. The molecule has 4 rings (SSSR count). The van der Waals surface area contributed by atoms with E-state index in [4.69, 9.17) is 4.84 Å². The molecule has 1 aliphatic carbocycles. The van der Waals surface area contributed by atoms with Crippen molar-refractivity contribution >= 4 is 11.7 Å². The van der Waals surface area contributed by atoms with Crippen LogP contribution in [0.3, 0.4) is 0 Å². The third kappa shape index (κ3) is 5.66. The van der Waals surface area contributed by atoms with Crippen molar-refractivity contribution in [3.05, 3.63) is 65.7 Å². The maximum Gasteiger partial charge on any atom is 0.330 e. The van der Waals surface area contributed by atoms with Crippen molar-refractivity contribution in [1.82, 2.24) is 10.4 Å². The molecule has 1 N–H and O–H groups in total. The lowest BCUT2D eigenvalue weighted by molar-refractivity contribution is -0.201. The minimum absolute atomic E-state index is 0.164. The quantitative estimate of drug-likeness (QED) is 0.751. The van der Waals surface area contributed by atoms with E-state index in [-0.39, 0.29) is 5.97 Å². The molecule has 1 aliphatic heterocycles. The Balaban J connectivity index is 1.20. The van der Waals surface area contributed by atoms with Crippen molar-refractivity contribution in [3.63, 3.8) is 0 Å². The number of nitrogens with zero attached hydrogens (tertiary/aromatic N) is 2. The normalized spacial score (nSPS) is 22.1. The molecular weight excluding hydrogens is 386 g/mol. The largest absolute Gasteiger partial charge is 0.369 e. The SMILES string of the molecule is CC(C)(C)C(=O)ON1CCN(c2ccc(C3CC(NCc4ccccc4)C3)cc2)CC1. The molecule has 5 heteroatoms. The Bertz CT molecular complexity index is 846. The van der Waals surface area contributed by atoms with Crippen molar-refractivity contribution in [2.75, 3.05) is 31.1 Å². The zero-order valence-corrected chi connectivity index (χ0v) is 19.0. The number of rotatable bonds is 6. The molecule has 0 spiro atoms. The van der Waals surface area contributed by atoms with Crippen molar-refractivity contribution in [3.8, 4) is 0 Å². The van der Waals surface area contributed by atoms with Gasteiger partial charge in [0.25, 0.3) is 0 Å². The van der Waals surface area contributed by atoms with Gasteiger partial charge >= 0.3 is 5.97 Å². The summed E-state index contributed by atoms with van der Waals surface area (Å²) in [5, 5.41) is 5.48. The Labute approximate surface area is 186 Å². The summed E-state index contributed by atoms with van der Waals surface area (Å²) in [7, 11) is 0. The average Bonchev–Trinajstić information content (AvgIpc) is 2.74. The average molecular weight is 422 g/mol. The van der Waals surface area contributed by atoms with E-state index in [1.54, 1.807) is 5.06 Å². The van der Waals surface area contributed by atoms with Gasteiger partial charge in [-0.2, -0.15) is 0 Å². The summed E-state index contributed by atoms with van der Waals surface area (Å²) >= 11 is 0. The van der Waals surface area contributed by atoms with Gasteiger partial charge in [-0.05, 0) is 62.8 Å². The number of piperazine rings is 1. The predicted octanol–water partition coefficient (Wildman–Crippen LogP) is 4.35. The lowest BCUT2D eigenvalue weighted by Crippen LogP contribution is -2.48. The highest BCUT2D eigenvalue weighted by Crippen LogP contribution is 2.37. The van der Waals surface area contributed by atoms with Gasteiger partial charge < -0.3 is 15.1 Å². The molecule has 1 saturated carbocycles. The molecule has 1 heterocycles. The summed E-state index contributed by atoms with van der Waals surface area (Å²) in [6, 6.07) is 20.3. The van der Waals surface area contributed by atoms with Crippen LogP contribution in [0.15, 0.2) is 54.6 Å². The number of carbonyl (C=O) groups excluding carboxylic acids is 1. The van der Waals surface area contributed by atoms with Crippen LogP contribution in [0.25, 0.3) is 0 Å². The van der Waals surface area contributed by atoms with Gasteiger partial charge in [-0.3, -0.25) is 0 Å². The molecule has 2 aliphatic rings. The Hall–Kier alpha value is -2.37. The highest BCUT2D eigenvalue weighted by Gasteiger charge is 2.30. The lowest BCUT2D eigenvalue weighted by Gasteiger charge is -2.37. The van der Waals surface area contributed by atoms with Gasteiger partial charge in [-0.15, -0.1) is 5.06 Å². The van der Waals surface area contributed by atoms with Crippen LogP contribution in [0.5, 0.6) is 0 Å². The zero-order valence-electron chi connectivity index (χ0n) is 19.0. The minimum atomic E-state index is -0.468. The second-order valence-electron chi connectivity index (χ2n) is 9.87. The summed E-state index contributed by atoms with van der Waals surface area (Å²) in [5.41, 5.74) is 3.58. The van der Waals surface area contributed by atoms with Crippen molar-refractivity contribution in [2.45, 2.75) is 52.1 Å². The van der Waals surface area contributed by atoms with Crippen molar-refractivity contribution < 1.29 is 9.63 Å². The molecule has 2 fully saturated rings. The smallest absolute Gasteiger partial charge is 0.330 e. The van der Waals surface area contributed by atoms with E-state index in [2.05, 4.69) is 64.8 Å². The molecule has 1 saturated heterocycles. The lowest BCUT2D eigenvalue weighted by atomic mass is 9.76. The van der Waals surface area contributed by atoms with Gasteiger partial charge in [0.1, 0.15) is 0 Å². The van der Waals surface area contributed by atoms with Crippen LogP contribution in [0.1, 0.15) is 50.7 Å². The van der Waals surface area contributed by atoms with E-state index < -0.39 is 5.41 Å². The van der Waals surface area contributed by atoms with Gasteiger partial charge in [-0.25, -0.2) is 4.79 Å². The minimum Gasteiger partial charge on any atom is -0.369 e. The van der Waals surface area contributed by atoms with Crippen LogP contribution in [-0.2, 0) is 16.2 Å². The van der Waals surface area contributed by atoms with Gasteiger partial charge in [0.2, 0.25) is 0 Å². The predicted molar refractivity (Wildman–Crippen MR) is 125 cm³/mol. The molecule has 2 aromatic rings. The maximum absolute atomic E-state index is 12.1. The van der Waals surface area contributed by atoms with Gasteiger partial charge in [0.05, 0.1) is 18.5 Å². The first kappa shape index (κ1) is 21.8. The van der Waals surface area contributed by atoms with Crippen LogP contribution in [0, 0.1) is 5.41 Å². The number of hydrogen-bond donors (Lipinski definition) is 1. The molecule has 2 aromatic carbocycles. The molecular formula is C26H35N3O2. The molecule has 0 aromatic heterocycles. The molecule has 0 amide bonds. The first-order valence-electron chi connectivity index (χ1n) is 11.5. The standard InChI is InChI=1S/C26H35N3O2/c1-26(2,3)25(30)31-29-15-13-28(14-16-29)24-11-9-21(10-12-24)22-17-23(18-22)27-19-20-7-5-4-6-8-20/h4-12,22-23,27H,13-19H2,1-3H3. The van der Waals surface area contributed by atoms with Crippen LogP contribution in [0.4, 0.5) is 5.69 Å². The Kier molecular flexibility index (Phi) is 6.63. The zero-order chi connectivity index (χ0) is 21.8. The van der Waals surface area contributed by atoms with Crippen LogP contribution >= 0.6 is 0 Å². The van der Waals surface area contributed by atoms with Crippen molar-refractivity contribution in [2.24, 2.45) is 5.41 Å². The molecule has 0 unspecified atom stereocenters. The number of nitrogens with one attached hydrogen (secondary N) is 1. The Morgan fingerprint density at radius 3 is 2.23 bits per heavy atom. The number of carbonyl (C=O) groups is 1. The maximum atomic E-state index is 12.1. The highest BCUT2D eigenvalue weighted by atomic mass is 16.7. The second-order valence-corrected chi connectivity index (χ2v) is 9.87. The fraction of sp³-hybridized carbons (Fsp3) is 0.500. The molecule has 166 valence electrons. The number of hydrogen-bond acceptors (Lipinski definition) is 5. The summed E-state index contributed by atoms with van der Waals surface area (Å²) in [6.07, 6.45) is 2.42. The fourth-order valence-electron chi connectivity index (χ4n) is 4.16. The summed E-state index contributed by atoms with van der Waals surface area (Å²) in [5.74, 6) is 0.498. The van der Waals surface area contributed by atoms with Gasteiger partial charge in [0, 0.05) is 31.4 Å². The van der Waals surface area contributed by atoms with E-state index in [0.717, 1.165) is 32.7 Å². The van der Waals surface area contributed by atoms with E-state index in [1.165, 1.54) is 29.7 Å². The number of anilines is 1. The molecule has 0 radical (unpaired) electrons. The highest BCUT2D eigenvalue weighted by molar-refractivity contribution is 5.75. The third-order valence-corrected chi connectivity index (χ3v) is 6.37. The number of hydroxylamine groups is 2. The first-order valence-corrected chi connectivity index (χ1v) is 11.5. The monoisotopic (exact) mass is 421 g/mol. The summed E-state index contributed by atoms with van der Waals surface area (Å²) in [6.45, 7) is 9.82. The molecule has 5 nitrogen and oxygen atoms in total. The van der Waals surface area contributed by atoms with Crippen LogP contribution in [0.2, 0.25) is 0 Å². The van der Waals surface area contributed by atoms with E-state index in [9.17, 15) is 4.79 Å². The van der Waals surface area contributed by atoms with E-state index in [0.29, 0.717) is 12.0 Å². The third-order valence-electron chi connectivity index (χ3n) is 6.37. The van der Waals surface area contributed by atoms with E-state index in [1.807, 2.05) is 20.8 Å². The van der Waals surface area contributed by atoms with Crippen LogP contribution in [-0.4, -0.2) is 43.3 Å². The van der Waals surface area contributed by atoms with Gasteiger partial charge in [-0.1, -0.05) is 42.5 Å². The first-order chi connectivity index (χ1) is 14.9. The Morgan fingerprint density at radius 1 is 0.968 bits per heavy atom. The van der Waals surface area contributed by atoms with Crippen LogP contribution < -0.4 is 10.2 Å². The fourth-order valence-corrected chi connectivity index (χ4v) is 4.16. The topological polar surface area (TPSA) is 44.8 Å². The van der Waals surface area contributed by atoms with E-state index >= 15 is 0 Å². The molecule has 31 heavy (non-hydrogen) atoms. The Morgan fingerprint density at radius 2 is 1.61 bits per heavy atom. The summed E-state index contributed by atoms with van der Waals surface area (Å²) < 4.78 is 0. The second kappa shape index (κ2) is 9.41. The van der Waals surface area contributed by atoms with Crippen molar-refractivity contribution in [1.29, 1.82) is 0 Å². The summed E-state index contributed by atoms with van der Waals surface area (Å²) in [4.78, 5) is 20.0.